The van der Waals surface area contributed by atoms with Crippen molar-refractivity contribution in [1.82, 2.24) is 0 Å². The molecule has 0 radical (unpaired) electrons. The van der Waals surface area contributed by atoms with E-state index >= 15 is 0 Å². The van der Waals surface area contributed by atoms with Gasteiger partial charge in [-0.05, 0) is 42.7 Å². The number of nitrogens with zero attached hydrogens (tertiary/aromatic N) is 1. The lowest BCUT2D eigenvalue weighted by atomic mass is 10.1. The summed E-state index contributed by atoms with van der Waals surface area (Å²) in [5.74, 6) is 0.760. The predicted molar refractivity (Wildman–Crippen MR) is 115 cm³/mol. The number of hydrogen-bond acceptors (Lipinski definition) is 3. The molecule has 0 heterocycles. The Labute approximate surface area is 166 Å². The maximum Gasteiger partial charge on any atom is 0.246 e. The number of nitrogens with one attached hydrogen (secondary N) is 1. The van der Waals surface area contributed by atoms with E-state index in [0.717, 1.165) is 30.0 Å². The highest BCUT2D eigenvalue weighted by Gasteiger charge is 2.11. The Morgan fingerprint density at radius 1 is 0.893 bits per heavy atom. The molecule has 0 atom stereocenters. The molecule has 4 heteroatoms. The monoisotopic (exact) mass is 374 g/mol. The summed E-state index contributed by atoms with van der Waals surface area (Å²) < 4.78 is 5.95. The van der Waals surface area contributed by atoms with Crippen molar-refractivity contribution in [3.63, 3.8) is 0 Å². The number of anilines is 2. The molecule has 4 nitrogen and oxygen atoms in total. The summed E-state index contributed by atoms with van der Waals surface area (Å²) in [5, 5.41) is 3.21. The van der Waals surface area contributed by atoms with Crippen LogP contribution in [0, 0.1) is 0 Å². The first-order valence-electron chi connectivity index (χ1n) is 9.55. The maximum absolute atomic E-state index is 12.5. The number of likely N-dealkylation sites (N-methyl/N-ethyl adjacent to an activating group) is 1. The van der Waals surface area contributed by atoms with E-state index in [9.17, 15) is 4.79 Å². The van der Waals surface area contributed by atoms with Crippen LogP contribution in [0.3, 0.4) is 0 Å². The van der Waals surface area contributed by atoms with E-state index in [1.165, 1.54) is 5.56 Å². The molecule has 3 aromatic rings. The molecule has 144 valence electrons. The van der Waals surface area contributed by atoms with Crippen molar-refractivity contribution < 1.29 is 9.53 Å². The average molecular weight is 374 g/mol. The van der Waals surface area contributed by atoms with Crippen molar-refractivity contribution in [2.24, 2.45) is 0 Å². The molecule has 0 aromatic heterocycles. The zero-order valence-corrected chi connectivity index (χ0v) is 16.2. The first kappa shape index (κ1) is 19.5. The number of hydrogen-bond donors (Lipinski definition) is 1. The molecule has 0 bridgehead atoms. The van der Waals surface area contributed by atoms with Crippen molar-refractivity contribution in [3.8, 4) is 5.75 Å². The van der Waals surface area contributed by atoms with Gasteiger partial charge in [-0.15, -0.1) is 0 Å². The Morgan fingerprint density at radius 2 is 1.54 bits per heavy atom. The van der Waals surface area contributed by atoms with Crippen LogP contribution < -0.4 is 15.0 Å². The maximum atomic E-state index is 12.5. The number of carbonyl (C=O) groups excluding carboxylic acids is 1. The second-order valence-corrected chi connectivity index (χ2v) is 6.58. The van der Waals surface area contributed by atoms with E-state index in [0.29, 0.717) is 6.61 Å². The van der Waals surface area contributed by atoms with Gasteiger partial charge in [-0.2, -0.15) is 0 Å². The standard InChI is InChI=1S/C24H26N2O2/c1-26(21-14-6-3-7-15-21)24(27)19-25-22-16-8-9-17-23(22)28-18-10-13-20-11-4-2-5-12-20/h2-9,11-12,14-17,25H,10,13,18-19H2,1H3. The lowest BCUT2D eigenvalue weighted by Crippen LogP contribution is -2.32. The van der Waals surface area contributed by atoms with Gasteiger partial charge in [0, 0.05) is 12.7 Å². The molecule has 28 heavy (non-hydrogen) atoms. The third-order valence-corrected chi connectivity index (χ3v) is 4.54. The van der Waals surface area contributed by atoms with E-state index in [1.54, 1.807) is 11.9 Å². The van der Waals surface area contributed by atoms with Crippen LogP contribution in [0.5, 0.6) is 5.75 Å². The third-order valence-electron chi connectivity index (χ3n) is 4.54. The van der Waals surface area contributed by atoms with Crippen LogP contribution in [0.1, 0.15) is 12.0 Å². The molecular formula is C24H26N2O2. The molecule has 0 saturated carbocycles. The first-order chi connectivity index (χ1) is 13.7. The van der Waals surface area contributed by atoms with Gasteiger partial charge in [-0.3, -0.25) is 4.79 Å². The summed E-state index contributed by atoms with van der Waals surface area (Å²) in [6.45, 7) is 0.835. The van der Waals surface area contributed by atoms with Crippen molar-refractivity contribution in [2.45, 2.75) is 12.8 Å². The van der Waals surface area contributed by atoms with Gasteiger partial charge in [0.15, 0.2) is 0 Å². The van der Waals surface area contributed by atoms with Crippen molar-refractivity contribution in [1.29, 1.82) is 0 Å². The quantitative estimate of drug-likeness (QED) is 0.549. The minimum absolute atomic E-state index is 0.00918. The van der Waals surface area contributed by atoms with Crippen LogP contribution in [0.15, 0.2) is 84.9 Å². The highest BCUT2D eigenvalue weighted by molar-refractivity contribution is 5.95. The Morgan fingerprint density at radius 3 is 2.29 bits per heavy atom. The van der Waals surface area contributed by atoms with Gasteiger partial charge in [0.2, 0.25) is 5.91 Å². The van der Waals surface area contributed by atoms with Crippen molar-refractivity contribution in [3.05, 3.63) is 90.5 Å². The van der Waals surface area contributed by atoms with Gasteiger partial charge in [-0.1, -0.05) is 60.7 Å². The minimum atomic E-state index is -0.00918. The van der Waals surface area contributed by atoms with E-state index in [4.69, 9.17) is 4.74 Å². The molecule has 0 saturated heterocycles. The number of ether oxygens (including phenoxy) is 1. The van der Waals surface area contributed by atoms with E-state index in [-0.39, 0.29) is 12.5 Å². The second-order valence-electron chi connectivity index (χ2n) is 6.58. The van der Waals surface area contributed by atoms with Crippen LogP contribution in [0.25, 0.3) is 0 Å². The Kier molecular flexibility index (Phi) is 7.08. The first-order valence-corrected chi connectivity index (χ1v) is 9.55. The summed E-state index contributed by atoms with van der Waals surface area (Å²) in [7, 11) is 1.78. The molecule has 1 N–H and O–H groups in total. The molecule has 0 spiro atoms. The molecule has 0 aliphatic rings. The van der Waals surface area contributed by atoms with Crippen LogP contribution >= 0.6 is 0 Å². The number of para-hydroxylation sites is 3. The van der Waals surface area contributed by atoms with E-state index < -0.39 is 0 Å². The molecule has 0 unspecified atom stereocenters. The molecule has 3 aromatic carbocycles. The largest absolute Gasteiger partial charge is 0.491 e. The fourth-order valence-electron chi connectivity index (χ4n) is 2.93. The van der Waals surface area contributed by atoms with Gasteiger partial charge < -0.3 is 15.0 Å². The summed E-state index contributed by atoms with van der Waals surface area (Å²) in [6, 6.07) is 27.7. The lowest BCUT2D eigenvalue weighted by molar-refractivity contribution is -0.116. The zero-order chi connectivity index (χ0) is 19.6. The van der Waals surface area contributed by atoms with Gasteiger partial charge >= 0.3 is 0 Å². The van der Waals surface area contributed by atoms with Crippen LogP contribution in [0.4, 0.5) is 11.4 Å². The van der Waals surface area contributed by atoms with Crippen LogP contribution in [-0.2, 0) is 11.2 Å². The zero-order valence-electron chi connectivity index (χ0n) is 16.2. The topological polar surface area (TPSA) is 41.6 Å². The Bertz CT molecular complexity index is 866. The number of rotatable bonds is 9. The predicted octanol–water partition coefficient (Wildman–Crippen LogP) is 4.77. The summed E-state index contributed by atoms with van der Waals surface area (Å²) in [6.07, 6.45) is 1.92. The van der Waals surface area contributed by atoms with Crippen LogP contribution in [-0.4, -0.2) is 26.1 Å². The van der Waals surface area contributed by atoms with Gasteiger partial charge in [0.25, 0.3) is 0 Å². The molecular weight excluding hydrogens is 348 g/mol. The second kappa shape index (κ2) is 10.2. The Balaban J connectivity index is 1.50. The highest BCUT2D eigenvalue weighted by atomic mass is 16.5. The number of amides is 1. The van der Waals surface area contributed by atoms with Crippen molar-refractivity contribution in [2.75, 3.05) is 30.4 Å². The van der Waals surface area contributed by atoms with Gasteiger partial charge in [-0.25, -0.2) is 0 Å². The number of aryl methyl sites for hydroxylation is 1. The molecule has 3 rings (SSSR count). The molecule has 0 aliphatic carbocycles. The van der Waals surface area contributed by atoms with E-state index in [1.807, 2.05) is 60.7 Å². The summed E-state index contributed by atoms with van der Waals surface area (Å²) in [5.41, 5.74) is 3.02. The fourth-order valence-corrected chi connectivity index (χ4v) is 2.93. The molecule has 0 aliphatic heterocycles. The minimum Gasteiger partial charge on any atom is -0.491 e. The average Bonchev–Trinajstić information content (AvgIpc) is 2.76. The fraction of sp³-hybridized carbons (Fsp3) is 0.208. The summed E-state index contributed by atoms with van der Waals surface area (Å²) >= 11 is 0. The van der Waals surface area contributed by atoms with Crippen LogP contribution in [0.2, 0.25) is 0 Å². The summed E-state index contributed by atoms with van der Waals surface area (Å²) in [4.78, 5) is 14.1. The smallest absolute Gasteiger partial charge is 0.246 e. The van der Waals surface area contributed by atoms with Gasteiger partial charge in [0.1, 0.15) is 5.75 Å². The number of carbonyl (C=O) groups is 1. The Hall–Kier alpha value is -3.27. The highest BCUT2D eigenvalue weighted by Crippen LogP contribution is 2.24. The number of benzene rings is 3. The SMILES string of the molecule is CN(C(=O)CNc1ccccc1OCCCc1ccccc1)c1ccccc1. The normalized spacial score (nSPS) is 10.3. The molecule has 0 fully saturated rings. The molecule has 1 amide bonds. The lowest BCUT2D eigenvalue weighted by Gasteiger charge is -2.19. The van der Waals surface area contributed by atoms with Crippen molar-refractivity contribution >= 4 is 17.3 Å². The van der Waals surface area contributed by atoms with Gasteiger partial charge in [0.05, 0.1) is 18.8 Å². The third kappa shape index (κ3) is 5.61. The van der Waals surface area contributed by atoms with E-state index in [2.05, 4.69) is 29.6 Å².